The molecule has 0 spiro atoms. The Kier molecular flexibility index (Phi) is 5.08. The number of carbonyl (C=O) groups is 1. The number of hydrogen-bond donors (Lipinski definition) is 1. The predicted octanol–water partition coefficient (Wildman–Crippen LogP) is 1.98. The monoisotopic (exact) mass is 395 g/mol. The van der Waals surface area contributed by atoms with Gasteiger partial charge in [0.15, 0.2) is 5.65 Å². The van der Waals surface area contributed by atoms with E-state index in [-0.39, 0.29) is 12.3 Å². The van der Waals surface area contributed by atoms with E-state index in [1.54, 1.807) is 13.8 Å². The van der Waals surface area contributed by atoms with Gasteiger partial charge in [-0.1, -0.05) is 12.1 Å². The third kappa shape index (κ3) is 4.30. The molecule has 0 aliphatic rings. The molecule has 0 saturated carbocycles. The molecule has 8 nitrogen and oxygen atoms in total. The van der Waals surface area contributed by atoms with Crippen LogP contribution in [0.1, 0.15) is 24.2 Å². The van der Waals surface area contributed by atoms with Gasteiger partial charge in [0.1, 0.15) is 12.3 Å². The number of nitrogens with one attached hydrogen (secondary N) is 1. The molecule has 1 atom stereocenters. The molecule has 0 unspecified atom stereocenters. The molecule has 0 saturated heterocycles. The summed E-state index contributed by atoms with van der Waals surface area (Å²) in [5.41, 5.74) is 1.00. The first-order chi connectivity index (χ1) is 13.1. The molecule has 148 valence electrons. The first kappa shape index (κ1) is 19.4. The largest absolute Gasteiger partial charge is 0.573 e. The summed E-state index contributed by atoms with van der Waals surface area (Å²) < 4.78 is 42.7. The molecule has 0 aliphatic carbocycles. The fraction of sp³-hybridized carbons (Fsp3) is 0.294. The van der Waals surface area contributed by atoms with Crippen LogP contribution < -0.4 is 15.7 Å². The van der Waals surface area contributed by atoms with E-state index in [9.17, 15) is 22.8 Å². The fourth-order valence-electron chi connectivity index (χ4n) is 2.64. The Hall–Kier alpha value is -3.37. The van der Waals surface area contributed by atoms with Crippen LogP contribution in [0.2, 0.25) is 0 Å². The van der Waals surface area contributed by atoms with Crippen molar-refractivity contribution in [1.82, 2.24) is 24.5 Å². The fourth-order valence-corrected chi connectivity index (χ4v) is 2.64. The zero-order valence-electron chi connectivity index (χ0n) is 14.9. The molecule has 11 heteroatoms. The summed E-state index contributed by atoms with van der Waals surface area (Å²) in [5.74, 6) is -0.825. The van der Waals surface area contributed by atoms with Gasteiger partial charge in [-0.2, -0.15) is 0 Å². The number of aromatic nitrogens is 4. The van der Waals surface area contributed by atoms with Gasteiger partial charge in [0.2, 0.25) is 5.91 Å². The Balaban J connectivity index is 1.67. The highest BCUT2D eigenvalue weighted by Crippen LogP contribution is 2.24. The Morgan fingerprint density at radius 3 is 2.57 bits per heavy atom. The van der Waals surface area contributed by atoms with Crippen molar-refractivity contribution in [1.29, 1.82) is 0 Å². The molecule has 1 aromatic carbocycles. The Morgan fingerprint density at radius 2 is 1.96 bits per heavy atom. The van der Waals surface area contributed by atoms with E-state index in [4.69, 9.17) is 0 Å². The summed E-state index contributed by atoms with van der Waals surface area (Å²) in [6.07, 6.45) is -1.85. The number of ether oxygens (including phenoxy) is 1. The maximum Gasteiger partial charge on any atom is 0.573 e. The average Bonchev–Trinajstić information content (AvgIpc) is 2.91. The minimum absolute atomic E-state index is 0.306. The molecular formula is C17H16F3N5O3. The van der Waals surface area contributed by atoms with Crippen LogP contribution in [0.25, 0.3) is 5.65 Å². The summed E-state index contributed by atoms with van der Waals surface area (Å²) in [4.78, 5) is 28.6. The lowest BCUT2D eigenvalue weighted by molar-refractivity contribution is -0.274. The van der Waals surface area contributed by atoms with Gasteiger partial charge in [-0.05, 0) is 31.5 Å². The van der Waals surface area contributed by atoms with E-state index in [0.29, 0.717) is 16.9 Å². The topological polar surface area (TPSA) is 90.5 Å². The quantitative estimate of drug-likeness (QED) is 0.714. The molecule has 0 aliphatic heterocycles. The van der Waals surface area contributed by atoms with Gasteiger partial charge < -0.3 is 10.1 Å². The van der Waals surface area contributed by atoms with Crippen molar-refractivity contribution in [3.63, 3.8) is 0 Å². The van der Waals surface area contributed by atoms with Crippen molar-refractivity contribution >= 4 is 11.6 Å². The van der Waals surface area contributed by atoms with E-state index in [1.807, 2.05) is 0 Å². The summed E-state index contributed by atoms with van der Waals surface area (Å²) >= 11 is 0. The van der Waals surface area contributed by atoms with E-state index >= 15 is 0 Å². The van der Waals surface area contributed by atoms with E-state index in [1.165, 1.54) is 28.9 Å². The second-order valence-corrected chi connectivity index (χ2v) is 6.05. The molecule has 2 aromatic heterocycles. The molecule has 28 heavy (non-hydrogen) atoms. The van der Waals surface area contributed by atoms with E-state index < -0.39 is 24.0 Å². The van der Waals surface area contributed by atoms with Gasteiger partial charge in [0.25, 0.3) is 0 Å². The number of carbonyl (C=O) groups excluding carboxylic acids is 1. The van der Waals surface area contributed by atoms with Crippen molar-refractivity contribution in [2.75, 3.05) is 0 Å². The molecule has 1 N–H and O–H groups in total. The first-order valence-electron chi connectivity index (χ1n) is 8.20. The minimum Gasteiger partial charge on any atom is -0.406 e. The van der Waals surface area contributed by atoms with Crippen LogP contribution in [0, 0.1) is 6.92 Å². The van der Waals surface area contributed by atoms with Crippen LogP contribution in [0.15, 0.2) is 41.5 Å². The van der Waals surface area contributed by atoms with Crippen LogP contribution in [-0.2, 0) is 11.3 Å². The van der Waals surface area contributed by atoms with Crippen LogP contribution >= 0.6 is 0 Å². The highest BCUT2D eigenvalue weighted by atomic mass is 19.4. The minimum atomic E-state index is -4.77. The summed E-state index contributed by atoms with van der Waals surface area (Å²) in [6, 6.07) is 4.65. The zero-order chi connectivity index (χ0) is 20.5. The Labute approximate surface area is 156 Å². The van der Waals surface area contributed by atoms with E-state index in [0.717, 1.165) is 16.8 Å². The number of fused-ring (bicyclic) bond motifs is 1. The van der Waals surface area contributed by atoms with Crippen LogP contribution in [0.4, 0.5) is 13.2 Å². The van der Waals surface area contributed by atoms with Gasteiger partial charge in [-0.3, -0.25) is 9.78 Å². The number of nitrogens with zero attached hydrogens (tertiary/aromatic N) is 4. The van der Waals surface area contributed by atoms with Crippen molar-refractivity contribution in [2.45, 2.75) is 32.8 Å². The highest BCUT2D eigenvalue weighted by Gasteiger charge is 2.31. The Morgan fingerprint density at radius 1 is 1.29 bits per heavy atom. The number of amides is 1. The van der Waals surface area contributed by atoms with E-state index in [2.05, 4.69) is 20.1 Å². The van der Waals surface area contributed by atoms with Crippen molar-refractivity contribution in [3.05, 3.63) is 58.4 Å². The van der Waals surface area contributed by atoms with Crippen molar-refractivity contribution in [3.8, 4) is 5.75 Å². The van der Waals surface area contributed by atoms with Crippen LogP contribution in [0.3, 0.4) is 0 Å². The number of aryl methyl sites for hydroxylation is 1. The van der Waals surface area contributed by atoms with Gasteiger partial charge in [-0.25, -0.2) is 13.9 Å². The number of rotatable bonds is 5. The molecule has 0 fully saturated rings. The first-order valence-corrected chi connectivity index (χ1v) is 8.20. The molecule has 1 amide bonds. The lowest BCUT2D eigenvalue weighted by Gasteiger charge is -2.15. The van der Waals surface area contributed by atoms with Crippen molar-refractivity contribution < 1.29 is 22.7 Å². The SMILES string of the molecule is Cc1nccn2c(=O)n(CC(=O)N[C@@H](C)c3ccc(OC(F)(F)F)cc3)nc12. The van der Waals surface area contributed by atoms with Crippen LogP contribution in [0.5, 0.6) is 5.75 Å². The highest BCUT2D eigenvalue weighted by molar-refractivity contribution is 5.76. The van der Waals surface area contributed by atoms with Gasteiger partial charge in [0.05, 0.1) is 11.7 Å². The predicted molar refractivity (Wildman–Crippen MR) is 91.7 cm³/mol. The standard InChI is InChI=1S/C17H16F3N5O3/c1-10(12-3-5-13(6-4-12)28-17(18,19)20)22-14(26)9-25-16(27)24-8-7-21-11(2)15(24)23-25/h3-8,10H,9H2,1-2H3,(H,22,26)/t10-/m0/s1. The lowest BCUT2D eigenvalue weighted by Crippen LogP contribution is -2.34. The van der Waals surface area contributed by atoms with Gasteiger partial charge in [0, 0.05) is 12.4 Å². The van der Waals surface area contributed by atoms with Gasteiger partial charge in [-0.15, -0.1) is 18.3 Å². The van der Waals surface area contributed by atoms with Crippen LogP contribution in [-0.4, -0.2) is 31.4 Å². The molecule has 3 rings (SSSR count). The summed E-state index contributed by atoms with van der Waals surface area (Å²) in [5, 5.41) is 6.77. The summed E-state index contributed by atoms with van der Waals surface area (Å²) in [6.45, 7) is 3.05. The average molecular weight is 395 g/mol. The molecule has 0 radical (unpaired) electrons. The molecule has 2 heterocycles. The maximum absolute atomic E-state index is 12.3. The zero-order valence-corrected chi connectivity index (χ0v) is 14.9. The molecule has 3 aromatic rings. The molecular weight excluding hydrogens is 379 g/mol. The third-order valence-electron chi connectivity index (χ3n) is 3.96. The smallest absolute Gasteiger partial charge is 0.406 e. The number of hydrogen-bond acceptors (Lipinski definition) is 5. The second kappa shape index (κ2) is 7.33. The maximum atomic E-state index is 12.3. The second-order valence-electron chi connectivity index (χ2n) is 6.05. The molecule has 0 bridgehead atoms. The normalized spacial score (nSPS) is 12.8. The van der Waals surface area contributed by atoms with Gasteiger partial charge >= 0.3 is 12.1 Å². The lowest BCUT2D eigenvalue weighted by atomic mass is 10.1. The number of alkyl halides is 3. The Bertz CT molecular complexity index is 1060. The number of benzene rings is 1. The number of halogens is 3. The van der Waals surface area contributed by atoms with Crippen molar-refractivity contribution in [2.24, 2.45) is 0 Å². The third-order valence-corrected chi connectivity index (χ3v) is 3.96. The summed E-state index contributed by atoms with van der Waals surface area (Å²) in [7, 11) is 0.